The molecule has 3 nitrogen and oxygen atoms in total. The molecule has 0 spiro atoms. The van der Waals surface area contributed by atoms with Gasteiger partial charge in [-0.3, -0.25) is 4.79 Å². The standard InChI is InChI=1S/C14H26N2OS/c1-2-18-12-7-3-6-10-16(11-12)13(17)14(15)8-4-5-9-14/h12H,2-11,15H2,1H3. The van der Waals surface area contributed by atoms with Crippen LogP contribution in [-0.4, -0.2) is 40.4 Å². The maximum absolute atomic E-state index is 12.6. The Kier molecular flexibility index (Phi) is 4.96. The molecule has 2 aliphatic rings. The molecule has 1 heterocycles. The third kappa shape index (κ3) is 3.21. The number of carbonyl (C=O) groups excluding carboxylic acids is 1. The van der Waals surface area contributed by atoms with Crippen LogP contribution in [0.4, 0.5) is 0 Å². The van der Waals surface area contributed by atoms with Gasteiger partial charge in [0.05, 0.1) is 5.54 Å². The molecule has 2 rings (SSSR count). The molecule has 1 aliphatic carbocycles. The van der Waals surface area contributed by atoms with Gasteiger partial charge in [-0.2, -0.15) is 11.8 Å². The highest BCUT2D eigenvalue weighted by Crippen LogP contribution is 2.31. The second kappa shape index (κ2) is 6.29. The molecule has 0 aromatic rings. The van der Waals surface area contributed by atoms with Gasteiger partial charge in [0.1, 0.15) is 0 Å². The van der Waals surface area contributed by atoms with E-state index in [1.165, 1.54) is 12.8 Å². The van der Waals surface area contributed by atoms with Gasteiger partial charge >= 0.3 is 0 Å². The Morgan fingerprint density at radius 2 is 2.06 bits per heavy atom. The topological polar surface area (TPSA) is 46.3 Å². The minimum Gasteiger partial charge on any atom is -0.340 e. The van der Waals surface area contributed by atoms with Gasteiger partial charge in [0.25, 0.3) is 0 Å². The zero-order chi connectivity index (χ0) is 13.0. The molecule has 0 radical (unpaired) electrons. The molecule has 104 valence electrons. The van der Waals surface area contributed by atoms with Crippen molar-refractivity contribution in [3.63, 3.8) is 0 Å². The fraction of sp³-hybridized carbons (Fsp3) is 0.929. The molecule has 1 aliphatic heterocycles. The predicted molar refractivity (Wildman–Crippen MR) is 77.7 cm³/mol. The molecule has 2 N–H and O–H groups in total. The Morgan fingerprint density at radius 1 is 1.33 bits per heavy atom. The van der Waals surface area contributed by atoms with Crippen LogP contribution in [-0.2, 0) is 4.79 Å². The summed E-state index contributed by atoms with van der Waals surface area (Å²) in [5, 5.41) is 0.617. The summed E-state index contributed by atoms with van der Waals surface area (Å²) in [5.41, 5.74) is 5.77. The van der Waals surface area contributed by atoms with Crippen LogP contribution >= 0.6 is 11.8 Å². The van der Waals surface area contributed by atoms with Gasteiger partial charge in [0, 0.05) is 18.3 Å². The molecule has 4 heteroatoms. The summed E-state index contributed by atoms with van der Waals surface area (Å²) < 4.78 is 0. The first-order chi connectivity index (χ1) is 8.65. The molecule has 1 saturated heterocycles. The van der Waals surface area contributed by atoms with Gasteiger partial charge in [-0.05, 0) is 31.4 Å². The number of amides is 1. The Bertz CT molecular complexity index is 290. The molecule has 1 saturated carbocycles. The first kappa shape index (κ1) is 14.2. The van der Waals surface area contributed by atoms with Gasteiger partial charge in [0.2, 0.25) is 5.91 Å². The Balaban J connectivity index is 1.99. The van der Waals surface area contributed by atoms with Gasteiger partial charge in [0.15, 0.2) is 0 Å². The second-order valence-corrected chi connectivity index (χ2v) is 7.26. The summed E-state index contributed by atoms with van der Waals surface area (Å²) in [7, 11) is 0. The lowest BCUT2D eigenvalue weighted by Gasteiger charge is -2.32. The fourth-order valence-electron chi connectivity index (χ4n) is 3.19. The third-order valence-electron chi connectivity index (χ3n) is 4.24. The number of carbonyl (C=O) groups is 1. The number of hydrogen-bond acceptors (Lipinski definition) is 3. The van der Waals surface area contributed by atoms with Crippen molar-refractivity contribution in [3.05, 3.63) is 0 Å². The van der Waals surface area contributed by atoms with E-state index in [9.17, 15) is 4.79 Å². The number of hydrogen-bond donors (Lipinski definition) is 1. The van der Waals surface area contributed by atoms with Gasteiger partial charge < -0.3 is 10.6 Å². The average molecular weight is 270 g/mol. The summed E-state index contributed by atoms with van der Waals surface area (Å²) in [6.45, 7) is 4.03. The summed E-state index contributed by atoms with van der Waals surface area (Å²) in [6.07, 6.45) is 7.63. The Labute approximate surface area is 115 Å². The van der Waals surface area contributed by atoms with Crippen LogP contribution in [0, 0.1) is 0 Å². The van der Waals surface area contributed by atoms with Crippen LogP contribution in [0.2, 0.25) is 0 Å². The van der Waals surface area contributed by atoms with Gasteiger partial charge in [-0.25, -0.2) is 0 Å². The molecular formula is C14H26N2OS. The largest absolute Gasteiger partial charge is 0.340 e. The van der Waals surface area contributed by atoms with Crippen molar-refractivity contribution in [1.29, 1.82) is 0 Å². The predicted octanol–water partition coefficient (Wildman–Crippen LogP) is 2.39. The smallest absolute Gasteiger partial charge is 0.242 e. The van der Waals surface area contributed by atoms with E-state index in [1.54, 1.807) is 0 Å². The van der Waals surface area contributed by atoms with E-state index < -0.39 is 5.54 Å². The highest BCUT2D eigenvalue weighted by molar-refractivity contribution is 7.99. The Morgan fingerprint density at radius 3 is 2.72 bits per heavy atom. The molecule has 0 aromatic heterocycles. The lowest BCUT2D eigenvalue weighted by atomic mass is 9.97. The molecule has 18 heavy (non-hydrogen) atoms. The molecule has 0 aromatic carbocycles. The molecule has 0 bridgehead atoms. The summed E-state index contributed by atoms with van der Waals surface area (Å²) >= 11 is 1.99. The normalized spacial score (nSPS) is 28.1. The highest BCUT2D eigenvalue weighted by Gasteiger charge is 2.40. The van der Waals surface area contributed by atoms with Gasteiger partial charge in [-0.15, -0.1) is 0 Å². The third-order valence-corrected chi connectivity index (χ3v) is 5.43. The van der Waals surface area contributed by atoms with Crippen molar-refractivity contribution in [2.45, 2.75) is 62.7 Å². The maximum Gasteiger partial charge on any atom is 0.242 e. The molecule has 1 atom stereocenters. The van der Waals surface area contributed by atoms with Crippen LogP contribution < -0.4 is 5.73 Å². The van der Waals surface area contributed by atoms with Crippen molar-refractivity contribution in [2.24, 2.45) is 5.73 Å². The number of thioether (sulfide) groups is 1. The maximum atomic E-state index is 12.6. The average Bonchev–Trinajstić information content (AvgIpc) is 2.67. The zero-order valence-corrected chi connectivity index (χ0v) is 12.3. The minimum atomic E-state index is -0.536. The van der Waals surface area contributed by atoms with Crippen molar-refractivity contribution >= 4 is 17.7 Å². The summed E-state index contributed by atoms with van der Waals surface area (Å²) in [5.74, 6) is 1.36. The first-order valence-electron chi connectivity index (χ1n) is 7.35. The Hall–Kier alpha value is -0.220. The van der Waals surface area contributed by atoms with E-state index in [-0.39, 0.29) is 5.91 Å². The molecule has 1 amide bonds. The first-order valence-corrected chi connectivity index (χ1v) is 8.40. The van der Waals surface area contributed by atoms with Crippen molar-refractivity contribution in [1.82, 2.24) is 4.90 Å². The van der Waals surface area contributed by atoms with E-state index >= 15 is 0 Å². The van der Waals surface area contributed by atoms with Crippen molar-refractivity contribution in [2.75, 3.05) is 18.8 Å². The highest BCUT2D eigenvalue weighted by atomic mass is 32.2. The fourth-order valence-corrected chi connectivity index (χ4v) is 4.28. The minimum absolute atomic E-state index is 0.226. The zero-order valence-electron chi connectivity index (χ0n) is 11.5. The number of likely N-dealkylation sites (tertiary alicyclic amines) is 1. The summed E-state index contributed by atoms with van der Waals surface area (Å²) in [4.78, 5) is 14.7. The SMILES string of the molecule is CCSC1CCCCN(C(=O)C2(N)CCCC2)C1. The van der Waals surface area contributed by atoms with Crippen LogP contribution in [0.3, 0.4) is 0 Å². The lowest BCUT2D eigenvalue weighted by Crippen LogP contribution is -2.54. The molecule has 2 fully saturated rings. The quantitative estimate of drug-likeness (QED) is 0.856. The monoisotopic (exact) mass is 270 g/mol. The number of nitrogens with zero attached hydrogens (tertiary/aromatic N) is 1. The van der Waals surface area contributed by atoms with E-state index in [1.807, 2.05) is 11.8 Å². The van der Waals surface area contributed by atoms with E-state index in [2.05, 4.69) is 11.8 Å². The van der Waals surface area contributed by atoms with Crippen molar-refractivity contribution in [3.8, 4) is 0 Å². The van der Waals surface area contributed by atoms with Gasteiger partial charge in [-0.1, -0.05) is 26.2 Å². The molecular weight excluding hydrogens is 244 g/mol. The van der Waals surface area contributed by atoms with Crippen LogP contribution in [0.1, 0.15) is 51.9 Å². The second-order valence-electron chi connectivity index (χ2n) is 5.69. The molecule has 1 unspecified atom stereocenters. The number of nitrogens with two attached hydrogens (primary N) is 1. The van der Waals surface area contributed by atoms with E-state index in [0.29, 0.717) is 5.25 Å². The van der Waals surface area contributed by atoms with E-state index in [4.69, 9.17) is 5.73 Å². The number of rotatable bonds is 3. The van der Waals surface area contributed by atoms with E-state index in [0.717, 1.165) is 50.9 Å². The lowest BCUT2D eigenvalue weighted by molar-refractivity contribution is -0.136. The van der Waals surface area contributed by atoms with Crippen molar-refractivity contribution < 1.29 is 4.79 Å². The van der Waals surface area contributed by atoms with Crippen LogP contribution in [0.15, 0.2) is 0 Å². The van der Waals surface area contributed by atoms with Crippen LogP contribution in [0.25, 0.3) is 0 Å². The van der Waals surface area contributed by atoms with Crippen LogP contribution in [0.5, 0.6) is 0 Å². The summed E-state index contributed by atoms with van der Waals surface area (Å²) in [6, 6.07) is 0.